The van der Waals surface area contributed by atoms with E-state index in [-0.39, 0.29) is 11.9 Å². The van der Waals surface area contributed by atoms with E-state index in [0.717, 1.165) is 4.88 Å². The first-order valence-electron chi connectivity index (χ1n) is 5.70. The molecule has 96 valence electrons. The molecule has 0 radical (unpaired) electrons. The van der Waals surface area contributed by atoms with E-state index < -0.39 is 6.04 Å². The number of nitrogens with two attached hydrogens (primary N) is 1. The number of thiophene rings is 2. The highest BCUT2D eigenvalue weighted by Gasteiger charge is 2.25. The third-order valence-corrected chi connectivity index (χ3v) is 5.00. The second kappa shape index (κ2) is 5.65. The van der Waals surface area contributed by atoms with Gasteiger partial charge < -0.3 is 10.6 Å². The number of carbonyl (C=O) groups excluding carboxylic acids is 1. The van der Waals surface area contributed by atoms with Crippen molar-refractivity contribution in [3.8, 4) is 0 Å². The molecule has 5 heteroatoms. The van der Waals surface area contributed by atoms with Crippen LogP contribution in [0.5, 0.6) is 0 Å². The number of rotatable bonds is 4. The van der Waals surface area contributed by atoms with Gasteiger partial charge in [-0.1, -0.05) is 12.1 Å². The molecule has 0 fully saturated rings. The van der Waals surface area contributed by atoms with Crippen LogP contribution in [0.15, 0.2) is 35.0 Å². The number of amides is 1. The van der Waals surface area contributed by atoms with Gasteiger partial charge in [-0.3, -0.25) is 4.79 Å². The minimum absolute atomic E-state index is 0.0432. The summed E-state index contributed by atoms with van der Waals surface area (Å²) in [6, 6.07) is 7.34. The fraction of sp³-hybridized carbons (Fsp3) is 0.308. The van der Waals surface area contributed by atoms with Crippen molar-refractivity contribution in [1.82, 2.24) is 4.90 Å². The molecule has 2 rings (SSSR count). The summed E-state index contributed by atoms with van der Waals surface area (Å²) < 4.78 is 0. The predicted octanol–water partition coefficient (Wildman–Crippen LogP) is 3.03. The van der Waals surface area contributed by atoms with Crippen LogP contribution in [0.4, 0.5) is 0 Å². The zero-order valence-corrected chi connectivity index (χ0v) is 12.0. The maximum Gasteiger partial charge on any atom is 0.245 e. The van der Waals surface area contributed by atoms with Crippen LogP contribution in [-0.4, -0.2) is 17.9 Å². The van der Waals surface area contributed by atoms with Crippen molar-refractivity contribution in [1.29, 1.82) is 0 Å². The molecular weight excluding hydrogens is 264 g/mol. The van der Waals surface area contributed by atoms with Crippen molar-refractivity contribution in [2.24, 2.45) is 5.73 Å². The summed E-state index contributed by atoms with van der Waals surface area (Å²) in [5.41, 5.74) is 6.00. The topological polar surface area (TPSA) is 46.3 Å². The summed E-state index contributed by atoms with van der Waals surface area (Å²) in [6.07, 6.45) is 0. The van der Waals surface area contributed by atoms with Gasteiger partial charge in [-0.25, -0.2) is 0 Å². The Hall–Kier alpha value is -1.17. The molecule has 0 saturated heterocycles. The van der Waals surface area contributed by atoms with E-state index in [0.29, 0.717) is 0 Å². The first kappa shape index (κ1) is 13.3. The number of likely N-dealkylation sites (N-methyl/N-ethyl adjacent to an activating group) is 1. The normalized spacial score (nSPS) is 14.2. The summed E-state index contributed by atoms with van der Waals surface area (Å²) in [6.45, 7) is 2.02. The largest absolute Gasteiger partial charge is 0.337 e. The fourth-order valence-electron chi connectivity index (χ4n) is 1.72. The maximum absolute atomic E-state index is 12.3. The van der Waals surface area contributed by atoms with Gasteiger partial charge in [-0.05, 0) is 29.8 Å². The van der Waals surface area contributed by atoms with Crippen molar-refractivity contribution < 1.29 is 4.79 Å². The monoisotopic (exact) mass is 280 g/mol. The van der Waals surface area contributed by atoms with Gasteiger partial charge in [-0.2, -0.15) is 0 Å². The number of hydrogen-bond donors (Lipinski definition) is 1. The van der Waals surface area contributed by atoms with Gasteiger partial charge >= 0.3 is 0 Å². The second-order valence-electron chi connectivity index (χ2n) is 4.13. The van der Waals surface area contributed by atoms with Gasteiger partial charge in [-0.15, -0.1) is 22.7 Å². The van der Waals surface area contributed by atoms with E-state index in [9.17, 15) is 4.79 Å². The SMILES string of the molecule is CC(c1cccs1)N(C)C(=O)C(N)c1cccs1. The summed E-state index contributed by atoms with van der Waals surface area (Å²) in [7, 11) is 1.81. The van der Waals surface area contributed by atoms with Crippen LogP contribution in [0.2, 0.25) is 0 Å². The molecule has 2 aromatic rings. The quantitative estimate of drug-likeness (QED) is 0.935. The number of carbonyl (C=O) groups is 1. The smallest absolute Gasteiger partial charge is 0.245 e. The summed E-state index contributed by atoms with van der Waals surface area (Å²) in [5, 5.41) is 3.95. The molecule has 3 nitrogen and oxygen atoms in total. The number of hydrogen-bond acceptors (Lipinski definition) is 4. The van der Waals surface area contributed by atoms with Crippen LogP contribution < -0.4 is 5.73 Å². The third kappa shape index (κ3) is 2.63. The Morgan fingerprint density at radius 2 is 1.78 bits per heavy atom. The lowest BCUT2D eigenvalue weighted by molar-refractivity contribution is -0.133. The van der Waals surface area contributed by atoms with Crippen molar-refractivity contribution in [3.05, 3.63) is 44.8 Å². The van der Waals surface area contributed by atoms with Crippen LogP contribution in [0.25, 0.3) is 0 Å². The molecule has 0 aliphatic heterocycles. The van der Waals surface area contributed by atoms with Gasteiger partial charge in [0.25, 0.3) is 0 Å². The predicted molar refractivity (Wildman–Crippen MR) is 76.8 cm³/mol. The Balaban J connectivity index is 2.09. The van der Waals surface area contributed by atoms with Gasteiger partial charge in [0.15, 0.2) is 0 Å². The zero-order chi connectivity index (χ0) is 13.1. The van der Waals surface area contributed by atoms with Crippen LogP contribution >= 0.6 is 22.7 Å². The van der Waals surface area contributed by atoms with Gasteiger partial charge in [0, 0.05) is 16.8 Å². The van der Waals surface area contributed by atoms with E-state index in [4.69, 9.17) is 5.73 Å². The molecule has 2 aromatic heterocycles. The van der Waals surface area contributed by atoms with E-state index in [1.165, 1.54) is 16.2 Å². The summed E-state index contributed by atoms with van der Waals surface area (Å²) >= 11 is 3.17. The van der Waals surface area contributed by atoms with E-state index >= 15 is 0 Å². The zero-order valence-electron chi connectivity index (χ0n) is 10.4. The second-order valence-corrected chi connectivity index (χ2v) is 6.09. The molecule has 0 saturated carbocycles. The van der Waals surface area contributed by atoms with Gasteiger partial charge in [0.05, 0.1) is 6.04 Å². The first-order valence-corrected chi connectivity index (χ1v) is 7.46. The van der Waals surface area contributed by atoms with Crippen molar-refractivity contribution >= 4 is 28.6 Å². The Labute approximate surface area is 115 Å². The average molecular weight is 280 g/mol. The number of nitrogens with zero attached hydrogens (tertiary/aromatic N) is 1. The molecule has 0 spiro atoms. The van der Waals surface area contributed by atoms with Crippen molar-refractivity contribution in [2.45, 2.75) is 19.0 Å². The molecule has 2 heterocycles. The molecule has 18 heavy (non-hydrogen) atoms. The van der Waals surface area contributed by atoms with Gasteiger partial charge in [0.1, 0.15) is 6.04 Å². The van der Waals surface area contributed by atoms with Crippen molar-refractivity contribution in [3.63, 3.8) is 0 Å². The minimum Gasteiger partial charge on any atom is -0.337 e. The first-order chi connectivity index (χ1) is 8.61. The standard InChI is InChI=1S/C13H16N2OS2/c1-9(10-5-3-7-17-10)15(2)13(16)12(14)11-6-4-8-18-11/h3-9,12H,14H2,1-2H3. The highest BCUT2D eigenvalue weighted by molar-refractivity contribution is 7.10. The summed E-state index contributed by atoms with van der Waals surface area (Å²) in [4.78, 5) is 16.1. The molecule has 0 aliphatic rings. The molecule has 2 N–H and O–H groups in total. The van der Waals surface area contributed by atoms with Crippen molar-refractivity contribution in [2.75, 3.05) is 7.05 Å². The highest BCUT2D eigenvalue weighted by atomic mass is 32.1. The fourth-order valence-corrected chi connectivity index (χ4v) is 3.27. The Morgan fingerprint density at radius 1 is 1.22 bits per heavy atom. The average Bonchev–Trinajstić information content (AvgIpc) is 3.06. The van der Waals surface area contributed by atoms with Crippen LogP contribution in [-0.2, 0) is 4.79 Å². The van der Waals surface area contributed by atoms with E-state index in [2.05, 4.69) is 0 Å². The highest BCUT2D eigenvalue weighted by Crippen LogP contribution is 2.26. The van der Waals surface area contributed by atoms with Gasteiger partial charge in [0.2, 0.25) is 5.91 Å². The molecule has 0 bridgehead atoms. The molecule has 0 aromatic carbocycles. The van der Waals surface area contributed by atoms with Crippen LogP contribution in [0.1, 0.15) is 28.8 Å². The van der Waals surface area contributed by atoms with Crippen LogP contribution in [0, 0.1) is 0 Å². The third-order valence-electron chi connectivity index (χ3n) is 3.00. The lowest BCUT2D eigenvalue weighted by Crippen LogP contribution is -2.36. The molecule has 1 amide bonds. The Bertz CT molecular complexity index is 493. The Morgan fingerprint density at radius 3 is 2.28 bits per heavy atom. The lowest BCUT2D eigenvalue weighted by atomic mass is 10.2. The summed E-state index contributed by atoms with van der Waals surface area (Å²) in [5.74, 6) is -0.0432. The molecule has 2 atom stereocenters. The van der Waals surface area contributed by atoms with E-state index in [1.807, 2.05) is 41.9 Å². The van der Waals surface area contributed by atoms with Crippen LogP contribution in [0.3, 0.4) is 0 Å². The molecule has 0 aliphatic carbocycles. The lowest BCUT2D eigenvalue weighted by Gasteiger charge is -2.26. The Kier molecular flexibility index (Phi) is 4.16. The maximum atomic E-state index is 12.3. The van der Waals surface area contributed by atoms with E-state index in [1.54, 1.807) is 23.3 Å². The molecular formula is C13H16N2OS2. The molecule has 2 unspecified atom stereocenters. The minimum atomic E-state index is -0.558.